The SMILES string of the molecule is CCOc1cc(/C=N\NCc2ccccc2Cl)ccc1OCc1ccccc1Cl. The van der Waals surface area contributed by atoms with Gasteiger partial charge in [0, 0.05) is 15.6 Å². The Morgan fingerprint density at radius 3 is 2.24 bits per heavy atom. The van der Waals surface area contributed by atoms with E-state index in [9.17, 15) is 0 Å². The maximum atomic E-state index is 6.20. The third-order valence-corrected chi connectivity index (χ3v) is 4.88. The highest BCUT2D eigenvalue weighted by Gasteiger charge is 2.08. The van der Waals surface area contributed by atoms with Crippen molar-refractivity contribution in [1.82, 2.24) is 5.43 Å². The normalized spacial score (nSPS) is 10.9. The van der Waals surface area contributed by atoms with Crippen LogP contribution in [0.25, 0.3) is 0 Å². The van der Waals surface area contributed by atoms with Crippen LogP contribution >= 0.6 is 23.2 Å². The Morgan fingerprint density at radius 2 is 1.55 bits per heavy atom. The van der Waals surface area contributed by atoms with Crippen LogP contribution in [0.3, 0.4) is 0 Å². The molecule has 0 saturated heterocycles. The maximum absolute atomic E-state index is 6.20. The van der Waals surface area contributed by atoms with E-state index in [0.29, 0.717) is 41.3 Å². The third kappa shape index (κ3) is 6.14. The van der Waals surface area contributed by atoms with Gasteiger partial charge in [-0.25, -0.2) is 0 Å². The van der Waals surface area contributed by atoms with Crippen LogP contribution < -0.4 is 14.9 Å². The van der Waals surface area contributed by atoms with E-state index in [1.54, 1.807) is 6.21 Å². The molecular weight excluding hydrogens is 407 g/mol. The van der Waals surface area contributed by atoms with Gasteiger partial charge in [0.1, 0.15) is 6.61 Å². The van der Waals surface area contributed by atoms with Crippen LogP contribution in [-0.4, -0.2) is 12.8 Å². The zero-order valence-electron chi connectivity index (χ0n) is 16.1. The summed E-state index contributed by atoms with van der Waals surface area (Å²) in [5, 5.41) is 5.66. The highest BCUT2D eigenvalue weighted by atomic mass is 35.5. The summed E-state index contributed by atoms with van der Waals surface area (Å²) in [6, 6.07) is 21.0. The van der Waals surface area contributed by atoms with Gasteiger partial charge in [0.15, 0.2) is 11.5 Å². The zero-order chi connectivity index (χ0) is 20.5. The second-order valence-electron chi connectivity index (χ2n) is 6.20. The summed E-state index contributed by atoms with van der Waals surface area (Å²) >= 11 is 12.3. The van der Waals surface area contributed by atoms with E-state index >= 15 is 0 Å². The average Bonchev–Trinajstić information content (AvgIpc) is 2.73. The molecule has 6 heteroatoms. The second kappa shape index (κ2) is 10.7. The summed E-state index contributed by atoms with van der Waals surface area (Å²) in [5.74, 6) is 1.32. The molecular formula is C23H22Cl2N2O2. The van der Waals surface area contributed by atoms with Crippen LogP contribution in [0, 0.1) is 0 Å². The van der Waals surface area contributed by atoms with Crippen LogP contribution in [-0.2, 0) is 13.2 Å². The van der Waals surface area contributed by atoms with Gasteiger partial charge in [0.2, 0.25) is 0 Å². The van der Waals surface area contributed by atoms with Crippen molar-refractivity contribution in [1.29, 1.82) is 0 Å². The van der Waals surface area contributed by atoms with Gasteiger partial charge in [-0.3, -0.25) is 0 Å². The quantitative estimate of drug-likeness (QED) is 0.330. The van der Waals surface area contributed by atoms with Gasteiger partial charge in [0.05, 0.1) is 19.4 Å². The first kappa shape index (κ1) is 21.0. The molecule has 0 radical (unpaired) electrons. The number of ether oxygens (including phenoxy) is 2. The molecule has 0 aliphatic rings. The van der Waals surface area contributed by atoms with Crippen LogP contribution in [0.2, 0.25) is 10.0 Å². The van der Waals surface area contributed by atoms with Crippen LogP contribution in [0.5, 0.6) is 11.5 Å². The lowest BCUT2D eigenvalue weighted by Crippen LogP contribution is -2.06. The minimum atomic E-state index is 0.368. The number of hydrazone groups is 1. The fourth-order valence-electron chi connectivity index (χ4n) is 2.66. The standard InChI is InChI=1S/C23H22Cl2N2O2/c1-2-28-23-13-17(14-26-27-15-18-7-3-5-9-20(18)24)11-12-22(23)29-16-19-8-4-6-10-21(19)25/h3-14,27H,2,15-16H2,1H3/b26-14-. The summed E-state index contributed by atoms with van der Waals surface area (Å²) in [4.78, 5) is 0. The molecule has 0 bridgehead atoms. The molecule has 3 aromatic carbocycles. The van der Waals surface area contributed by atoms with Crippen molar-refractivity contribution in [3.63, 3.8) is 0 Å². The number of hydrogen-bond donors (Lipinski definition) is 1. The Bertz CT molecular complexity index is 977. The number of hydrogen-bond acceptors (Lipinski definition) is 4. The lowest BCUT2D eigenvalue weighted by Gasteiger charge is -2.13. The van der Waals surface area contributed by atoms with Gasteiger partial charge in [-0.2, -0.15) is 5.10 Å². The predicted molar refractivity (Wildman–Crippen MR) is 119 cm³/mol. The average molecular weight is 429 g/mol. The second-order valence-corrected chi connectivity index (χ2v) is 7.02. The first-order valence-electron chi connectivity index (χ1n) is 9.29. The van der Waals surface area contributed by atoms with E-state index in [0.717, 1.165) is 16.7 Å². The highest BCUT2D eigenvalue weighted by molar-refractivity contribution is 6.31. The maximum Gasteiger partial charge on any atom is 0.161 e. The van der Waals surface area contributed by atoms with Gasteiger partial charge in [-0.1, -0.05) is 59.6 Å². The molecule has 0 aliphatic carbocycles. The van der Waals surface area contributed by atoms with Crippen molar-refractivity contribution >= 4 is 29.4 Å². The van der Waals surface area contributed by atoms with E-state index in [2.05, 4.69) is 10.5 Å². The van der Waals surface area contributed by atoms with Crippen molar-refractivity contribution in [3.05, 3.63) is 93.5 Å². The van der Waals surface area contributed by atoms with E-state index < -0.39 is 0 Å². The van der Waals surface area contributed by atoms with E-state index in [-0.39, 0.29) is 0 Å². The fraction of sp³-hybridized carbons (Fsp3) is 0.174. The topological polar surface area (TPSA) is 42.8 Å². The third-order valence-electron chi connectivity index (χ3n) is 4.14. The van der Waals surface area contributed by atoms with E-state index in [1.165, 1.54) is 0 Å². The molecule has 0 saturated carbocycles. The molecule has 0 aromatic heterocycles. The highest BCUT2D eigenvalue weighted by Crippen LogP contribution is 2.29. The summed E-state index contributed by atoms with van der Waals surface area (Å²) in [5.41, 5.74) is 5.81. The fourth-order valence-corrected chi connectivity index (χ4v) is 3.05. The molecule has 29 heavy (non-hydrogen) atoms. The molecule has 4 nitrogen and oxygen atoms in total. The Kier molecular flexibility index (Phi) is 7.79. The molecule has 3 aromatic rings. The number of halogens is 2. The molecule has 1 N–H and O–H groups in total. The summed E-state index contributed by atoms with van der Waals surface area (Å²) in [6.45, 7) is 3.39. The van der Waals surface area contributed by atoms with Gasteiger partial charge in [-0.05, 0) is 48.4 Å². The molecule has 0 unspecified atom stereocenters. The monoisotopic (exact) mass is 428 g/mol. The molecule has 0 spiro atoms. The molecule has 0 fully saturated rings. The van der Waals surface area contributed by atoms with E-state index in [4.69, 9.17) is 32.7 Å². The Labute approximate surface area is 181 Å². The molecule has 0 amide bonds. The number of nitrogens with zero attached hydrogens (tertiary/aromatic N) is 1. The van der Waals surface area contributed by atoms with Crippen molar-refractivity contribution in [2.75, 3.05) is 6.61 Å². The van der Waals surface area contributed by atoms with Gasteiger partial charge < -0.3 is 14.9 Å². The zero-order valence-corrected chi connectivity index (χ0v) is 17.6. The molecule has 150 valence electrons. The number of nitrogens with one attached hydrogen (secondary N) is 1. The summed E-state index contributed by atoms with van der Waals surface area (Å²) < 4.78 is 11.7. The molecule has 0 heterocycles. The summed E-state index contributed by atoms with van der Waals surface area (Å²) in [6.07, 6.45) is 1.73. The van der Waals surface area contributed by atoms with Crippen molar-refractivity contribution < 1.29 is 9.47 Å². The summed E-state index contributed by atoms with van der Waals surface area (Å²) in [7, 11) is 0. The van der Waals surface area contributed by atoms with Gasteiger partial charge in [0.25, 0.3) is 0 Å². The van der Waals surface area contributed by atoms with Gasteiger partial charge >= 0.3 is 0 Å². The Morgan fingerprint density at radius 1 is 0.862 bits per heavy atom. The van der Waals surface area contributed by atoms with Crippen LogP contribution in [0.15, 0.2) is 71.8 Å². The Hall–Kier alpha value is -2.69. The largest absolute Gasteiger partial charge is 0.490 e. The lowest BCUT2D eigenvalue weighted by molar-refractivity contribution is 0.269. The molecule has 0 atom stereocenters. The minimum absolute atomic E-state index is 0.368. The van der Waals surface area contributed by atoms with Gasteiger partial charge in [-0.15, -0.1) is 0 Å². The smallest absolute Gasteiger partial charge is 0.161 e. The lowest BCUT2D eigenvalue weighted by atomic mass is 10.2. The van der Waals surface area contributed by atoms with Crippen LogP contribution in [0.4, 0.5) is 0 Å². The number of benzene rings is 3. The first-order valence-corrected chi connectivity index (χ1v) is 10.1. The molecule has 0 aliphatic heterocycles. The number of rotatable bonds is 9. The van der Waals surface area contributed by atoms with Crippen molar-refractivity contribution in [2.24, 2.45) is 5.10 Å². The van der Waals surface area contributed by atoms with Crippen molar-refractivity contribution in [2.45, 2.75) is 20.1 Å². The Balaban J connectivity index is 1.64. The predicted octanol–water partition coefficient (Wildman–Crippen LogP) is 6.09. The minimum Gasteiger partial charge on any atom is -0.490 e. The first-order chi connectivity index (χ1) is 14.2. The van der Waals surface area contributed by atoms with E-state index in [1.807, 2.05) is 73.7 Å². The van der Waals surface area contributed by atoms with Crippen LogP contribution in [0.1, 0.15) is 23.6 Å². The van der Waals surface area contributed by atoms with Crippen molar-refractivity contribution in [3.8, 4) is 11.5 Å². The molecule has 3 rings (SSSR count).